The Kier molecular flexibility index (Phi) is 4.74. The average molecular weight is 421 g/mol. The fourth-order valence-electron chi connectivity index (χ4n) is 3.09. The smallest absolute Gasteiger partial charge is 0.308 e. The minimum atomic E-state index is -4.40. The number of aromatic nitrogens is 2. The predicted molar refractivity (Wildman–Crippen MR) is 105 cm³/mol. The largest absolute Gasteiger partial charge is 0.400 e. The molecular formula is C20H16ClF3N4O. The molecule has 0 radical (unpaired) electrons. The molecule has 29 heavy (non-hydrogen) atoms. The number of nitrogens with zero attached hydrogens (tertiary/aromatic N) is 2. The molecule has 0 saturated heterocycles. The molecule has 4 rings (SSSR count). The minimum absolute atomic E-state index is 0.0152. The third kappa shape index (κ3) is 3.80. The molecule has 0 atom stereocenters. The molecule has 0 unspecified atom stereocenters. The van der Waals surface area contributed by atoms with E-state index in [0.29, 0.717) is 16.4 Å². The molecule has 1 heterocycles. The van der Waals surface area contributed by atoms with Crippen molar-refractivity contribution in [2.75, 3.05) is 10.6 Å². The summed E-state index contributed by atoms with van der Waals surface area (Å²) in [6.45, 7) is 0. The van der Waals surface area contributed by atoms with Crippen LogP contribution < -0.4 is 10.6 Å². The molecule has 1 aliphatic carbocycles. The summed E-state index contributed by atoms with van der Waals surface area (Å²) in [6.07, 6.45) is -4.43. The molecule has 0 spiro atoms. The highest BCUT2D eigenvalue weighted by molar-refractivity contribution is 6.30. The van der Waals surface area contributed by atoms with Crippen molar-refractivity contribution >= 4 is 29.1 Å². The summed E-state index contributed by atoms with van der Waals surface area (Å²) in [5.41, 5.74) is -1.02. The molecule has 1 saturated carbocycles. The fraction of sp³-hybridized carbons (Fsp3) is 0.200. The number of carbonyl (C=O) groups is 1. The van der Waals surface area contributed by atoms with Crippen molar-refractivity contribution in [2.24, 2.45) is 0 Å². The molecule has 150 valence electrons. The molecule has 2 N–H and O–H groups in total. The Bertz CT molecular complexity index is 1030. The van der Waals surface area contributed by atoms with E-state index >= 15 is 0 Å². The van der Waals surface area contributed by atoms with Crippen LogP contribution in [0.25, 0.3) is 5.69 Å². The van der Waals surface area contributed by atoms with Crippen LogP contribution in [0.3, 0.4) is 0 Å². The van der Waals surface area contributed by atoms with E-state index in [2.05, 4.69) is 15.7 Å². The van der Waals surface area contributed by atoms with Gasteiger partial charge in [0.25, 0.3) is 0 Å². The molecule has 3 aromatic rings. The third-order valence-corrected chi connectivity index (χ3v) is 5.09. The van der Waals surface area contributed by atoms with Gasteiger partial charge in [0.2, 0.25) is 0 Å². The molecule has 9 heteroatoms. The lowest BCUT2D eigenvalue weighted by molar-refractivity contribution is -0.161. The molecule has 5 nitrogen and oxygen atoms in total. The summed E-state index contributed by atoms with van der Waals surface area (Å²) in [7, 11) is 0. The summed E-state index contributed by atoms with van der Waals surface area (Å²) in [5, 5.41) is 9.92. The van der Waals surface area contributed by atoms with Gasteiger partial charge in [0, 0.05) is 16.8 Å². The van der Waals surface area contributed by atoms with Gasteiger partial charge in [-0.2, -0.15) is 18.3 Å². The number of anilines is 2. The number of benzene rings is 2. The Morgan fingerprint density at radius 3 is 2.28 bits per heavy atom. The van der Waals surface area contributed by atoms with Gasteiger partial charge in [-0.1, -0.05) is 29.8 Å². The SMILES string of the molecule is O=C(Nc1ccc(Cl)cc1)Nc1cc(C2(C(F)(F)F)CC2)nn1-c1ccccc1. The van der Waals surface area contributed by atoms with Crippen molar-refractivity contribution in [3.05, 3.63) is 71.4 Å². The topological polar surface area (TPSA) is 59.0 Å². The van der Waals surface area contributed by atoms with Crippen LogP contribution in [0, 0.1) is 0 Å². The Morgan fingerprint density at radius 1 is 1.03 bits per heavy atom. The molecule has 1 aromatic heterocycles. The number of nitrogens with one attached hydrogen (secondary N) is 2. The Labute approximate surface area is 169 Å². The second-order valence-electron chi connectivity index (χ2n) is 6.83. The number of carbonyl (C=O) groups excluding carboxylic acids is 1. The summed E-state index contributed by atoms with van der Waals surface area (Å²) in [4.78, 5) is 12.4. The standard InChI is InChI=1S/C20H16ClF3N4O/c21-13-6-8-14(9-7-13)25-18(29)26-17-12-16(19(10-11-19)20(22,23)24)27-28(17)15-4-2-1-3-5-15/h1-9,12H,10-11H2,(H2,25,26,29). The van der Waals surface area contributed by atoms with Gasteiger partial charge in [-0.3, -0.25) is 5.32 Å². The van der Waals surface area contributed by atoms with E-state index in [1.165, 1.54) is 10.7 Å². The highest BCUT2D eigenvalue weighted by Gasteiger charge is 2.65. The number of urea groups is 1. The zero-order chi connectivity index (χ0) is 20.6. The fourth-order valence-corrected chi connectivity index (χ4v) is 3.22. The first kappa shape index (κ1) is 19.3. The van der Waals surface area contributed by atoms with Crippen molar-refractivity contribution in [3.63, 3.8) is 0 Å². The maximum absolute atomic E-state index is 13.5. The normalized spacial score (nSPS) is 15.0. The number of halogens is 4. The van der Waals surface area contributed by atoms with Crippen LogP contribution >= 0.6 is 11.6 Å². The van der Waals surface area contributed by atoms with E-state index in [1.807, 2.05) is 0 Å². The number of hydrogen-bond donors (Lipinski definition) is 2. The quantitative estimate of drug-likeness (QED) is 0.563. The summed E-state index contributed by atoms with van der Waals surface area (Å²) in [5.74, 6) is 0.146. The minimum Gasteiger partial charge on any atom is -0.308 e. The van der Waals surface area contributed by atoms with Crippen molar-refractivity contribution in [1.29, 1.82) is 0 Å². The van der Waals surface area contributed by atoms with Gasteiger partial charge >= 0.3 is 12.2 Å². The zero-order valence-electron chi connectivity index (χ0n) is 15.0. The second-order valence-corrected chi connectivity index (χ2v) is 7.26. The van der Waals surface area contributed by atoms with Gasteiger partial charge in [0.1, 0.15) is 11.2 Å². The van der Waals surface area contributed by atoms with Crippen LogP contribution in [0.5, 0.6) is 0 Å². The highest BCUT2D eigenvalue weighted by atomic mass is 35.5. The van der Waals surface area contributed by atoms with Crippen LogP contribution in [-0.4, -0.2) is 22.0 Å². The molecule has 1 aliphatic rings. The first-order chi connectivity index (χ1) is 13.8. The van der Waals surface area contributed by atoms with E-state index in [0.717, 1.165) is 0 Å². The van der Waals surface area contributed by atoms with Gasteiger partial charge < -0.3 is 5.32 Å². The maximum Gasteiger partial charge on any atom is 0.400 e. The van der Waals surface area contributed by atoms with Crippen molar-refractivity contribution in [1.82, 2.24) is 9.78 Å². The van der Waals surface area contributed by atoms with Crippen LogP contribution in [0.15, 0.2) is 60.7 Å². The van der Waals surface area contributed by atoms with Crippen LogP contribution in [-0.2, 0) is 5.41 Å². The highest BCUT2D eigenvalue weighted by Crippen LogP contribution is 2.58. The summed E-state index contributed by atoms with van der Waals surface area (Å²) >= 11 is 5.82. The summed E-state index contributed by atoms with van der Waals surface area (Å²) in [6, 6.07) is 15.8. The zero-order valence-corrected chi connectivity index (χ0v) is 15.8. The van der Waals surface area contributed by atoms with E-state index in [4.69, 9.17) is 11.6 Å². The Morgan fingerprint density at radius 2 is 1.69 bits per heavy atom. The number of rotatable bonds is 4. The van der Waals surface area contributed by atoms with Crippen LogP contribution in [0.1, 0.15) is 18.5 Å². The van der Waals surface area contributed by atoms with Crippen LogP contribution in [0.4, 0.5) is 29.5 Å². The molecule has 1 fully saturated rings. The van der Waals surface area contributed by atoms with Crippen molar-refractivity contribution < 1.29 is 18.0 Å². The second kappa shape index (κ2) is 7.11. The summed E-state index contributed by atoms with van der Waals surface area (Å²) < 4.78 is 42.0. The monoisotopic (exact) mass is 420 g/mol. The van der Waals surface area contributed by atoms with Crippen molar-refractivity contribution in [2.45, 2.75) is 24.4 Å². The first-order valence-corrected chi connectivity index (χ1v) is 9.23. The lowest BCUT2D eigenvalue weighted by atomic mass is 10.0. The van der Waals surface area contributed by atoms with E-state index < -0.39 is 17.6 Å². The van der Waals surface area contributed by atoms with Gasteiger partial charge in [0.15, 0.2) is 0 Å². The maximum atomic E-state index is 13.5. The first-order valence-electron chi connectivity index (χ1n) is 8.85. The lowest BCUT2D eigenvalue weighted by Gasteiger charge is -2.16. The van der Waals surface area contributed by atoms with Gasteiger partial charge in [-0.05, 0) is 49.2 Å². The van der Waals surface area contributed by atoms with Gasteiger partial charge in [-0.15, -0.1) is 0 Å². The number of hydrogen-bond acceptors (Lipinski definition) is 2. The number of amides is 2. The Balaban J connectivity index is 1.64. The van der Waals surface area contributed by atoms with E-state index in [1.54, 1.807) is 54.6 Å². The number of alkyl halides is 3. The average Bonchev–Trinajstić information content (AvgIpc) is 3.41. The molecule has 2 amide bonds. The van der Waals surface area contributed by atoms with Gasteiger partial charge in [-0.25, -0.2) is 9.48 Å². The van der Waals surface area contributed by atoms with Crippen molar-refractivity contribution in [3.8, 4) is 5.69 Å². The predicted octanol–water partition coefficient (Wildman–Crippen LogP) is 5.76. The molecule has 0 aliphatic heterocycles. The van der Waals surface area contributed by atoms with E-state index in [-0.39, 0.29) is 24.4 Å². The van der Waals surface area contributed by atoms with E-state index in [9.17, 15) is 18.0 Å². The molecular weight excluding hydrogens is 405 g/mol. The van der Waals surface area contributed by atoms with Gasteiger partial charge in [0.05, 0.1) is 11.4 Å². The van der Waals surface area contributed by atoms with Crippen LogP contribution in [0.2, 0.25) is 5.02 Å². The lowest BCUT2D eigenvalue weighted by Crippen LogP contribution is -2.29. The third-order valence-electron chi connectivity index (χ3n) is 4.84. The number of para-hydroxylation sites is 1. The molecule has 0 bridgehead atoms. The molecule has 2 aromatic carbocycles. The Hall–Kier alpha value is -3.00.